The number of thiophene rings is 1. The summed E-state index contributed by atoms with van der Waals surface area (Å²) in [4.78, 5) is 70.8. The average molecular weight is 828 g/mol. The summed E-state index contributed by atoms with van der Waals surface area (Å²) in [5, 5.41) is 22.0. The normalized spacial score (nSPS) is 17.3. The molecule has 2 aromatic heterocycles. The number of halogens is 1. The largest absolute Gasteiger partial charge is 0.378 e. The van der Waals surface area contributed by atoms with Crippen LogP contribution in [0.3, 0.4) is 0 Å². The molecule has 1 saturated heterocycles. The molecule has 3 aliphatic heterocycles. The van der Waals surface area contributed by atoms with Gasteiger partial charge in [-0.2, -0.15) is 0 Å². The summed E-state index contributed by atoms with van der Waals surface area (Å²) in [7, 11) is 0. The lowest BCUT2D eigenvalue weighted by atomic mass is 9.99. The number of hydrogen-bond acceptors (Lipinski definition) is 11. The maximum Gasteiger partial charge on any atom is 0.255 e. The van der Waals surface area contributed by atoms with E-state index in [4.69, 9.17) is 21.3 Å². The van der Waals surface area contributed by atoms with Crippen LogP contribution in [0.15, 0.2) is 47.5 Å². The molecule has 58 heavy (non-hydrogen) atoms. The Morgan fingerprint density at radius 2 is 1.78 bits per heavy atom. The van der Waals surface area contributed by atoms with Crippen LogP contribution in [0.5, 0.6) is 0 Å². The number of amides is 5. The first kappa shape index (κ1) is 40.9. The predicted molar refractivity (Wildman–Crippen MR) is 220 cm³/mol. The van der Waals surface area contributed by atoms with Gasteiger partial charge in [-0.25, -0.2) is 0 Å². The Labute approximate surface area is 345 Å². The molecule has 17 heteroatoms. The fourth-order valence-corrected chi connectivity index (χ4v) is 8.81. The van der Waals surface area contributed by atoms with E-state index in [0.29, 0.717) is 73.4 Å². The monoisotopic (exact) mass is 827 g/mol. The molecule has 15 nitrogen and oxygen atoms in total. The zero-order valence-corrected chi connectivity index (χ0v) is 34.2. The third-order valence-corrected chi connectivity index (χ3v) is 12.0. The molecular weight excluding hydrogens is 782 g/mol. The molecule has 0 saturated carbocycles. The molecule has 7 rings (SSSR count). The van der Waals surface area contributed by atoms with Gasteiger partial charge < -0.3 is 25.6 Å². The summed E-state index contributed by atoms with van der Waals surface area (Å²) < 4.78 is 7.76. The number of aryl methyl sites for hydroxylation is 2. The second-order valence-corrected chi connectivity index (χ2v) is 16.2. The number of fused-ring (bicyclic) bond motifs is 4. The minimum Gasteiger partial charge on any atom is -0.378 e. The lowest BCUT2D eigenvalue weighted by Gasteiger charge is -2.29. The number of nitrogens with zero attached hydrogens (tertiary/aromatic N) is 5. The van der Waals surface area contributed by atoms with E-state index in [1.165, 1.54) is 9.78 Å². The number of carbonyl (C=O) groups is 5. The van der Waals surface area contributed by atoms with Crippen molar-refractivity contribution in [3.05, 3.63) is 91.8 Å². The molecule has 4 N–H and O–H groups in total. The zero-order valence-electron chi connectivity index (χ0n) is 32.7. The Morgan fingerprint density at radius 3 is 2.57 bits per heavy atom. The number of hydrogen-bond donors (Lipinski definition) is 4. The Balaban J connectivity index is 0.803. The molecule has 2 aromatic carbocycles. The molecule has 0 spiro atoms. The number of nitrogens with one attached hydrogen (secondary N) is 4. The topological polar surface area (TPSA) is 189 Å². The van der Waals surface area contributed by atoms with E-state index in [1.807, 2.05) is 35.8 Å². The van der Waals surface area contributed by atoms with Crippen molar-refractivity contribution in [3.63, 3.8) is 0 Å². The van der Waals surface area contributed by atoms with Crippen molar-refractivity contribution in [3.8, 4) is 5.00 Å². The van der Waals surface area contributed by atoms with Crippen molar-refractivity contribution >= 4 is 63.9 Å². The minimum absolute atomic E-state index is 0.0954. The number of carbonyl (C=O) groups excluding carboxylic acids is 5. The van der Waals surface area contributed by atoms with Gasteiger partial charge in [-0.3, -0.25) is 38.8 Å². The molecule has 5 heterocycles. The summed E-state index contributed by atoms with van der Waals surface area (Å²) in [6.45, 7) is 8.77. The van der Waals surface area contributed by atoms with Crippen molar-refractivity contribution in [1.82, 2.24) is 35.6 Å². The number of imide groups is 1. The van der Waals surface area contributed by atoms with Crippen LogP contribution < -0.4 is 21.3 Å². The Hall–Kier alpha value is -5.29. The standard InChI is InChI=1S/C41H46ClN9O6S/c1-23-24(2)58-41-36(23)37(26-10-12-27(42)13-11-26)46-31(38-49-48-25(3)51(38)41)21-35(54)44-18-20-57-19-17-43-16-5-4-9-33(52)45-30-8-6-7-28-29(30)22-50(40(28)56)32-14-15-34(53)47-39(32)55/h6-8,10-13,31-32,43H,4-5,9,14-22H2,1-3H3,(H,44,54)(H,45,52)(H,47,53,55)/t31-,32?/m0/s1. The zero-order chi connectivity index (χ0) is 40.9. The number of rotatable bonds is 16. The van der Waals surface area contributed by atoms with Crippen molar-refractivity contribution in [2.45, 2.75) is 77.9 Å². The Bertz CT molecular complexity index is 2270. The second kappa shape index (κ2) is 18.1. The second-order valence-electron chi connectivity index (χ2n) is 14.6. The molecule has 5 amide bonds. The van der Waals surface area contributed by atoms with Gasteiger partial charge in [-0.15, -0.1) is 21.5 Å². The number of aromatic nitrogens is 3. The molecule has 3 aliphatic rings. The van der Waals surface area contributed by atoms with Crippen LogP contribution in [0, 0.1) is 20.8 Å². The van der Waals surface area contributed by atoms with E-state index in [2.05, 4.69) is 45.3 Å². The third kappa shape index (κ3) is 8.89. The van der Waals surface area contributed by atoms with Crippen LogP contribution in [0.25, 0.3) is 5.00 Å². The molecule has 4 aromatic rings. The van der Waals surface area contributed by atoms with Gasteiger partial charge in [0.1, 0.15) is 22.9 Å². The molecule has 0 radical (unpaired) electrons. The highest BCUT2D eigenvalue weighted by molar-refractivity contribution is 7.15. The summed E-state index contributed by atoms with van der Waals surface area (Å²) >= 11 is 7.88. The Kier molecular flexibility index (Phi) is 12.8. The molecule has 304 valence electrons. The van der Waals surface area contributed by atoms with Gasteiger partial charge in [0, 0.05) is 70.3 Å². The van der Waals surface area contributed by atoms with Crippen LogP contribution in [-0.4, -0.2) is 93.8 Å². The maximum absolute atomic E-state index is 13.2. The first-order chi connectivity index (χ1) is 28.0. The quantitative estimate of drug-likeness (QED) is 0.0933. The summed E-state index contributed by atoms with van der Waals surface area (Å²) in [6.07, 6.45) is 2.31. The molecule has 0 aliphatic carbocycles. The first-order valence-corrected chi connectivity index (χ1v) is 20.7. The molecule has 2 atom stereocenters. The van der Waals surface area contributed by atoms with Crippen LogP contribution in [0.4, 0.5) is 5.69 Å². The predicted octanol–water partition coefficient (Wildman–Crippen LogP) is 4.48. The summed E-state index contributed by atoms with van der Waals surface area (Å²) in [5.74, 6) is -0.0583. The van der Waals surface area contributed by atoms with Crippen LogP contribution in [0.2, 0.25) is 5.02 Å². The lowest BCUT2D eigenvalue weighted by Crippen LogP contribution is -2.52. The third-order valence-electron chi connectivity index (χ3n) is 10.6. The van der Waals surface area contributed by atoms with Gasteiger partial charge in [0.15, 0.2) is 5.82 Å². The molecule has 1 fully saturated rings. The number of aliphatic imine (C=N–C) groups is 1. The van der Waals surface area contributed by atoms with Crippen LogP contribution >= 0.6 is 22.9 Å². The van der Waals surface area contributed by atoms with E-state index in [9.17, 15) is 24.0 Å². The van der Waals surface area contributed by atoms with Crippen LogP contribution in [0.1, 0.15) is 93.7 Å². The van der Waals surface area contributed by atoms with E-state index < -0.39 is 18.0 Å². The van der Waals surface area contributed by atoms with Gasteiger partial charge in [0.05, 0.1) is 25.3 Å². The Morgan fingerprint density at radius 1 is 0.983 bits per heavy atom. The lowest BCUT2D eigenvalue weighted by molar-refractivity contribution is -0.137. The van der Waals surface area contributed by atoms with E-state index in [1.54, 1.807) is 29.5 Å². The number of benzene rings is 2. The summed E-state index contributed by atoms with van der Waals surface area (Å²) in [6, 6.07) is 11.5. The fourth-order valence-electron chi connectivity index (χ4n) is 7.47. The van der Waals surface area contributed by atoms with Crippen molar-refractivity contribution in [2.24, 2.45) is 4.99 Å². The number of piperidine rings is 1. The molecular formula is C41H46ClN9O6S. The summed E-state index contributed by atoms with van der Waals surface area (Å²) in [5.41, 5.74) is 5.53. The van der Waals surface area contributed by atoms with E-state index >= 15 is 0 Å². The van der Waals surface area contributed by atoms with Gasteiger partial charge >= 0.3 is 0 Å². The van der Waals surface area contributed by atoms with Gasteiger partial charge in [-0.05, 0) is 76.4 Å². The van der Waals surface area contributed by atoms with Crippen LogP contribution in [-0.2, 0) is 30.5 Å². The highest BCUT2D eigenvalue weighted by atomic mass is 35.5. The number of anilines is 1. The highest BCUT2D eigenvalue weighted by Crippen LogP contribution is 2.40. The molecule has 1 unspecified atom stereocenters. The SMILES string of the molecule is Cc1sc2c(c1C)C(c1ccc(Cl)cc1)=N[C@@H](CC(=O)NCCOCCNCCCCC(=O)Nc1cccc3c1CN(C1CCC(=O)NC1=O)C3=O)c1nnc(C)n1-2. The highest BCUT2D eigenvalue weighted by Gasteiger charge is 2.40. The fraction of sp³-hybridized carbons (Fsp3) is 0.415. The minimum atomic E-state index is -0.715. The van der Waals surface area contributed by atoms with Crippen molar-refractivity contribution in [1.29, 1.82) is 0 Å². The van der Waals surface area contributed by atoms with E-state index in [-0.39, 0.29) is 49.4 Å². The smallest absolute Gasteiger partial charge is 0.255 e. The van der Waals surface area contributed by atoms with Gasteiger partial charge in [0.25, 0.3) is 5.91 Å². The number of unbranched alkanes of at least 4 members (excludes halogenated alkanes) is 1. The van der Waals surface area contributed by atoms with Gasteiger partial charge in [-0.1, -0.05) is 29.8 Å². The van der Waals surface area contributed by atoms with Crippen molar-refractivity contribution in [2.75, 3.05) is 38.2 Å². The number of ether oxygens (including phenoxy) is 1. The molecule has 0 bridgehead atoms. The van der Waals surface area contributed by atoms with Crippen molar-refractivity contribution < 1.29 is 28.7 Å². The van der Waals surface area contributed by atoms with E-state index in [0.717, 1.165) is 39.6 Å². The first-order valence-electron chi connectivity index (χ1n) is 19.5. The van der Waals surface area contributed by atoms with Gasteiger partial charge in [0.2, 0.25) is 23.6 Å². The maximum atomic E-state index is 13.2. The average Bonchev–Trinajstić information content (AvgIpc) is 3.81.